The van der Waals surface area contributed by atoms with Crippen molar-refractivity contribution >= 4 is 35.6 Å². The summed E-state index contributed by atoms with van der Waals surface area (Å²) in [6, 6.07) is 5.75. The Morgan fingerprint density at radius 1 is 1.21 bits per heavy atom. The van der Waals surface area contributed by atoms with Gasteiger partial charge in [0.05, 0.1) is 0 Å². The van der Waals surface area contributed by atoms with Crippen LogP contribution in [0, 0.1) is 5.41 Å². The molecule has 0 amide bonds. The van der Waals surface area contributed by atoms with E-state index in [1.807, 2.05) is 18.2 Å². The summed E-state index contributed by atoms with van der Waals surface area (Å²) in [7, 11) is 0. The van der Waals surface area contributed by atoms with Crippen molar-refractivity contribution < 1.29 is 0 Å². The van der Waals surface area contributed by atoms with Gasteiger partial charge < -0.3 is 5.32 Å². The fourth-order valence-electron chi connectivity index (χ4n) is 3.21. The maximum atomic E-state index is 6.24. The van der Waals surface area contributed by atoms with Crippen molar-refractivity contribution in [2.24, 2.45) is 5.41 Å². The van der Waals surface area contributed by atoms with E-state index in [-0.39, 0.29) is 12.4 Å². The number of rotatable bonds is 2. The van der Waals surface area contributed by atoms with E-state index in [1.54, 1.807) is 0 Å². The molecule has 1 aromatic rings. The van der Waals surface area contributed by atoms with Gasteiger partial charge in [-0.15, -0.1) is 12.4 Å². The summed E-state index contributed by atoms with van der Waals surface area (Å²) in [5, 5.41) is 5.05. The summed E-state index contributed by atoms with van der Waals surface area (Å²) in [5.74, 6) is 0. The Labute approximate surface area is 130 Å². The van der Waals surface area contributed by atoms with Crippen molar-refractivity contribution in [2.45, 2.75) is 19.4 Å². The van der Waals surface area contributed by atoms with Gasteiger partial charge in [0.2, 0.25) is 0 Å². The van der Waals surface area contributed by atoms with Crippen LogP contribution in [-0.4, -0.2) is 31.1 Å². The van der Waals surface area contributed by atoms with Gasteiger partial charge in [0.15, 0.2) is 0 Å². The average molecular weight is 322 g/mol. The molecule has 1 aromatic carbocycles. The molecule has 1 spiro atoms. The smallest absolute Gasteiger partial charge is 0.0465 e. The molecule has 106 valence electrons. The van der Waals surface area contributed by atoms with E-state index in [2.05, 4.69) is 10.2 Å². The highest BCUT2D eigenvalue weighted by Crippen LogP contribution is 2.37. The van der Waals surface area contributed by atoms with Crippen molar-refractivity contribution in [3.8, 4) is 0 Å². The van der Waals surface area contributed by atoms with Crippen LogP contribution < -0.4 is 5.32 Å². The number of hydrogen-bond acceptors (Lipinski definition) is 2. The van der Waals surface area contributed by atoms with Crippen LogP contribution in [-0.2, 0) is 6.54 Å². The Morgan fingerprint density at radius 2 is 1.95 bits per heavy atom. The number of benzene rings is 1. The first-order chi connectivity index (χ1) is 8.69. The molecule has 0 aromatic heterocycles. The standard InChI is InChI=1S/C14H18Cl2N2.ClH/c15-12-2-1-3-13(16)11(12)8-18-7-5-14(10-18)4-6-17-9-14;/h1-3,17H,4-10H2;1H. The van der Waals surface area contributed by atoms with Crippen LogP contribution in [0.15, 0.2) is 18.2 Å². The summed E-state index contributed by atoms with van der Waals surface area (Å²) in [4.78, 5) is 2.49. The minimum atomic E-state index is 0. The van der Waals surface area contributed by atoms with Crippen molar-refractivity contribution in [1.29, 1.82) is 0 Å². The lowest BCUT2D eigenvalue weighted by atomic mass is 9.86. The molecule has 3 rings (SSSR count). The summed E-state index contributed by atoms with van der Waals surface area (Å²) in [6.45, 7) is 5.53. The summed E-state index contributed by atoms with van der Waals surface area (Å²) >= 11 is 12.5. The average Bonchev–Trinajstić information content (AvgIpc) is 2.96. The molecule has 2 aliphatic rings. The monoisotopic (exact) mass is 320 g/mol. The van der Waals surface area contributed by atoms with Gasteiger partial charge >= 0.3 is 0 Å². The highest BCUT2D eigenvalue weighted by atomic mass is 35.5. The fourth-order valence-corrected chi connectivity index (χ4v) is 3.73. The number of nitrogens with zero attached hydrogens (tertiary/aromatic N) is 1. The van der Waals surface area contributed by atoms with Crippen LogP contribution >= 0.6 is 35.6 Å². The third-order valence-electron chi connectivity index (χ3n) is 4.29. The van der Waals surface area contributed by atoms with E-state index in [0.29, 0.717) is 5.41 Å². The Balaban J connectivity index is 0.00000133. The molecule has 2 heterocycles. The van der Waals surface area contributed by atoms with Gasteiger partial charge in [0.25, 0.3) is 0 Å². The van der Waals surface area contributed by atoms with E-state index in [9.17, 15) is 0 Å². The number of likely N-dealkylation sites (tertiary alicyclic amines) is 1. The molecule has 2 fully saturated rings. The lowest BCUT2D eigenvalue weighted by Gasteiger charge is -2.23. The summed E-state index contributed by atoms with van der Waals surface area (Å²) < 4.78 is 0. The molecule has 0 radical (unpaired) electrons. The van der Waals surface area contributed by atoms with Crippen molar-refractivity contribution in [3.63, 3.8) is 0 Å². The zero-order chi connectivity index (χ0) is 12.6. The maximum Gasteiger partial charge on any atom is 0.0465 e. The van der Waals surface area contributed by atoms with Gasteiger partial charge in [-0.3, -0.25) is 4.90 Å². The van der Waals surface area contributed by atoms with Gasteiger partial charge in [-0.05, 0) is 43.5 Å². The molecule has 0 saturated carbocycles. The Bertz CT molecular complexity index is 424. The number of nitrogens with one attached hydrogen (secondary N) is 1. The molecule has 19 heavy (non-hydrogen) atoms. The fraction of sp³-hybridized carbons (Fsp3) is 0.571. The second-order valence-electron chi connectivity index (χ2n) is 5.59. The summed E-state index contributed by atoms with van der Waals surface area (Å²) in [5.41, 5.74) is 1.58. The molecule has 0 aliphatic carbocycles. The zero-order valence-corrected chi connectivity index (χ0v) is 13.1. The normalized spacial score (nSPS) is 26.8. The van der Waals surface area contributed by atoms with Crippen LogP contribution in [0.25, 0.3) is 0 Å². The highest BCUT2D eigenvalue weighted by molar-refractivity contribution is 6.35. The van der Waals surface area contributed by atoms with Crippen molar-refractivity contribution in [3.05, 3.63) is 33.8 Å². The number of halogens is 3. The van der Waals surface area contributed by atoms with Crippen LogP contribution in [0.5, 0.6) is 0 Å². The lowest BCUT2D eigenvalue weighted by molar-refractivity contribution is 0.269. The first-order valence-corrected chi connectivity index (χ1v) is 7.30. The first-order valence-electron chi connectivity index (χ1n) is 6.55. The zero-order valence-electron chi connectivity index (χ0n) is 10.8. The SMILES string of the molecule is Cl.Clc1cccc(Cl)c1CN1CCC2(CCNC2)C1. The Morgan fingerprint density at radius 3 is 2.58 bits per heavy atom. The molecule has 1 atom stereocenters. The number of hydrogen-bond donors (Lipinski definition) is 1. The predicted octanol–water partition coefficient (Wildman–Crippen LogP) is 3.60. The van der Waals surface area contributed by atoms with Gasteiger partial charge in [0, 0.05) is 35.2 Å². The van der Waals surface area contributed by atoms with E-state index < -0.39 is 0 Å². The minimum Gasteiger partial charge on any atom is -0.316 e. The quantitative estimate of drug-likeness (QED) is 0.895. The lowest BCUT2D eigenvalue weighted by Crippen LogP contribution is -2.29. The van der Waals surface area contributed by atoms with Gasteiger partial charge in [-0.2, -0.15) is 0 Å². The Kier molecular flexibility index (Phi) is 5.02. The molecule has 0 bridgehead atoms. The second-order valence-corrected chi connectivity index (χ2v) is 6.40. The van der Waals surface area contributed by atoms with Crippen molar-refractivity contribution in [2.75, 3.05) is 26.2 Å². The molecule has 1 N–H and O–H groups in total. The first kappa shape index (κ1) is 15.4. The third-order valence-corrected chi connectivity index (χ3v) is 5.00. The van der Waals surface area contributed by atoms with Crippen LogP contribution in [0.3, 0.4) is 0 Å². The van der Waals surface area contributed by atoms with Gasteiger partial charge in [-0.1, -0.05) is 29.3 Å². The second kappa shape index (κ2) is 6.19. The molecular formula is C14H19Cl3N2. The molecular weight excluding hydrogens is 303 g/mol. The van der Waals surface area contributed by atoms with E-state index in [0.717, 1.165) is 28.7 Å². The maximum absolute atomic E-state index is 6.24. The molecule has 2 saturated heterocycles. The highest BCUT2D eigenvalue weighted by Gasteiger charge is 2.40. The topological polar surface area (TPSA) is 15.3 Å². The van der Waals surface area contributed by atoms with Crippen LogP contribution in [0.2, 0.25) is 10.0 Å². The molecule has 2 aliphatic heterocycles. The van der Waals surface area contributed by atoms with Crippen molar-refractivity contribution in [1.82, 2.24) is 10.2 Å². The van der Waals surface area contributed by atoms with E-state index >= 15 is 0 Å². The molecule has 2 nitrogen and oxygen atoms in total. The minimum absolute atomic E-state index is 0. The third kappa shape index (κ3) is 3.20. The summed E-state index contributed by atoms with van der Waals surface area (Å²) in [6.07, 6.45) is 2.60. The van der Waals surface area contributed by atoms with E-state index in [1.165, 1.54) is 32.5 Å². The van der Waals surface area contributed by atoms with Gasteiger partial charge in [-0.25, -0.2) is 0 Å². The van der Waals surface area contributed by atoms with Crippen LogP contribution in [0.1, 0.15) is 18.4 Å². The largest absolute Gasteiger partial charge is 0.316 e. The molecule has 5 heteroatoms. The van der Waals surface area contributed by atoms with Gasteiger partial charge in [0.1, 0.15) is 0 Å². The van der Waals surface area contributed by atoms with Crippen LogP contribution in [0.4, 0.5) is 0 Å². The van der Waals surface area contributed by atoms with E-state index in [4.69, 9.17) is 23.2 Å². The molecule has 1 unspecified atom stereocenters. The Hall–Kier alpha value is 0.01000. The predicted molar refractivity (Wildman–Crippen MR) is 83.5 cm³/mol.